The number of hydrogen-bond donors (Lipinski definition) is 0. The van der Waals surface area contributed by atoms with Gasteiger partial charge in [0.25, 0.3) is 0 Å². The van der Waals surface area contributed by atoms with Crippen molar-refractivity contribution in [3.8, 4) is 118 Å². The number of aromatic nitrogens is 3. The van der Waals surface area contributed by atoms with Crippen molar-refractivity contribution in [1.82, 2.24) is 15.0 Å². The van der Waals surface area contributed by atoms with Crippen molar-refractivity contribution in [2.24, 2.45) is 0 Å². The lowest BCUT2D eigenvalue weighted by Crippen LogP contribution is -2.00. The van der Waals surface area contributed by atoms with E-state index in [9.17, 15) is 5.26 Å². The summed E-state index contributed by atoms with van der Waals surface area (Å²) in [7, 11) is 0. The van der Waals surface area contributed by atoms with Crippen LogP contribution in [0.15, 0.2) is 224 Å². The van der Waals surface area contributed by atoms with Crippen molar-refractivity contribution in [2.45, 2.75) is 0 Å². The van der Waals surface area contributed by atoms with E-state index in [0.717, 1.165) is 72.3 Å². The van der Waals surface area contributed by atoms with E-state index in [-0.39, 0.29) is 0 Å². The quantitative estimate of drug-likeness (QED) is 0.143. The van der Waals surface area contributed by atoms with Crippen molar-refractivity contribution in [3.05, 3.63) is 241 Å². The summed E-state index contributed by atoms with van der Waals surface area (Å²) >= 11 is 0. The average molecular weight is 864 g/mol. The zero-order valence-electron chi connectivity index (χ0n) is 36.6. The first-order chi connectivity index (χ1) is 33.6. The van der Waals surface area contributed by atoms with Crippen molar-refractivity contribution in [2.75, 3.05) is 0 Å². The van der Waals surface area contributed by atoms with E-state index in [1.165, 1.54) is 33.0 Å². The fourth-order valence-electron chi connectivity index (χ4n) is 9.56. The van der Waals surface area contributed by atoms with Crippen LogP contribution in [0, 0.1) is 17.9 Å². The number of benzene rings is 10. The van der Waals surface area contributed by atoms with Crippen LogP contribution in [0.2, 0.25) is 0 Å². The molecule has 0 fully saturated rings. The molecule has 5 nitrogen and oxygen atoms in total. The van der Waals surface area contributed by atoms with E-state index in [2.05, 4.69) is 163 Å². The summed E-state index contributed by atoms with van der Waals surface area (Å²) in [5.41, 5.74) is 19.3. The highest BCUT2D eigenvalue weighted by molar-refractivity contribution is 6.16. The predicted molar refractivity (Wildman–Crippen MR) is 276 cm³/mol. The van der Waals surface area contributed by atoms with Crippen LogP contribution in [0.25, 0.3) is 128 Å². The predicted octanol–water partition coefficient (Wildman–Crippen LogP) is 16.4. The van der Waals surface area contributed by atoms with Gasteiger partial charge in [-0.25, -0.2) is 19.8 Å². The third-order valence-corrected chi connectivity index (χ3v) is 13.0. The first kappa shape index (κ1) is 40.0. The Morgan fingerprint density at radius 2 is 0.765 bits per heavy atom. The molecular weight excluding hydrogens is 827 g/mol. The van der Waals surface area contributed by atoms with E-state index >= 15 is 0 Å². The summed E-state index contributed by atoms with van der Waals surface area (Å²) < 4.78 is 0. The van der Waals surface area contributed by atoms with E-state index in [4.69, 9.17) is 21.5 Å². The summed E-state index contributed by atoms with van der Waals surface area (Å²) in [4.78, 5) is 19.0. The van der Waals surface area contributed by atoms with Gasteiger partial charge in [-0.2, -0.15) is 5.26 Å². The van der Waals surface area contributed by atoms with E-state index in [0.29, 0.717) is 28.7 Å². The zero-order valence-corrected chi connectivity index (χ0v) is 36.6. The highest BCUT2D eigenvalue weighted by atomic mass is 15.0. The Labute approximate surface area is 394 Å². The maximum Gasteiger partial charge on any atom is 0.195 e. The monoisotopic (exact) mass is 863 g/mol. The lowest BCUT2D eigenvalue weighted by atomic mass is 9.89. The molecule has 11 aromatic rings. The minimum atomic E-state index is 0.581. The highest BCUT2D eigenvalue weighted by Gasteiger charge is 2.23. The van der Waals surface area contributed by atoms with Gasteiger partial charge in [0, 0.05) is 16.7 Å². The smallest absolute Gasteiger partial charge is 0.195 e. The third kappa shape index (κ3) is 7.18. The van der Waals surface area contributed by atoms with Crippen LogP contribution in [-0.2, 0) is 0 Å². The minimum absolute atomic E-state index is 0.581. The number of fused-ring (bicyclic) bond motifs is 3. The Morgan fingerprint density at radius 3 is 1.38 bits per heavy atom. The van der Waals surface area contributed by atoms with Gasteiger partial charge in [-0.3, -0.25) is 0 Å². The first-order valence-electron chi connectivity index (χ1n) is 22.5. The Bertz CT molecular complexity index is 3840. The van der Waals surface area contributed by atoms with E-state index in [1.807, 2.05) is 72.8 Å². The van der Waals surface area contributed by atoms with Crippen LogP contribution in [0.5, 0.6) is 0 Å². The Hall–Kier alpha value is -9.55. The molecule has 0 amide bonds. The topological polar surface area (TPSA) is 66.8 Å². The lowest BCUT2D eigenvalue weighted by Gasteiger charge is -2.15. The van der Waals surface area contributed by atoms with E-state index in [1.54, 1.807) is 0 Å². The molecule has 1 aliphatic carbocycles. The number of rotatable bonds is 8. The van der Waals surface area contributed by atoms with Crippen molar-refractivity contribution in [1.29, 1.82) is 5.26 Å². The third-order valence-electron chi connectivity index (χ3n) is 13.0. The van der Waals surface area contributed by atoms with Gasteiger partial charge in [0.1, 0.15) is 0 Å². The molecule has 5 heteroatoms. The number of hydrogen-bond acceptors (Lipinski definition) is 4. The molecule has 1 heterocycles. The van der Waals surface area contributed by atoms with Crippen LogP contribution in [0.1, 0.15) is 5.56 Å². The second-order valence-electron chi connectivity index (χ2n) is 17.0. The Balaban J connectivity index is 0.845. The molecule has 0 atom stereocenters. The van der Waals surface area contributed by atoms with E-state index < -0.39 is 0 Å². The molecule has 10 aromatic carbocycles. The molecule has 0 N–H and O–H groups in total. The summed E-state index contributed by atoms with van der Waals surface area (Å²) in [6, 6.07) is 79.3. The molecule has 0 spiro atoms. The zero-order chi connectivity index (χ0) is 45.6. The molecule has 1 aromatic heterocycles. The van der Waals surface area contributed by atoms with Gasteiger partial charge < -0.3 is 0 Å². The van der Waals surface area contributed by atoms with Gasteiger partial charge >= 0.3 is 0 Å². The Kier molecular flexibility index (Phi) is 9.87. The molecular formula is C63H37N5. The van der Waals surface area contributed by atoms with Gasteiger partial charge in [-0.05, 0) is 125 Å². The van der Waals surface area contributed by atoms with Crippen molar-refractivity contribution < 1.29 is 0 Å². The summed E-state index contributed by atoms with van der Waals surface area (Å²) in [5.74, 6) is 1.76. The van der Waals surface area contributed by atoms with Crippen molar-refractivity contribution >= 4 is 16.5 Å². The Morgan fingerprint density at radius 1 is 0.324 bits per heavy atom. The molecule has 0 aliphatic heterocycles. The van der Waals surface area contributed by atoms with Crippen LogP contribution >= 0.6 is 0 Å². The van der Waals surface area contributed by atoms with Crippen LogP contribution in [0.3, 0.4) is 0 Å². The van der Waals surface area contributed by atoms with Crippen LogP contribution < -0.4 is 0 Å². The number of nitrogens with zero attached hydrogens (tertiary/aromatic N) is 5. The summed E-state index contributed by atoms with van der Waals surface area (Å²) in [6.07, 6.45) is 0. The summed E-state index contributed by atoms with van der Waals surface area (Å²) in [6.45, 7) is 8.38. The highest BCUT2D eigenvalue weighted by Crippen LogP contribution is 2.50. The van der Waals surface area contributed by atoms with Gasteiger partial charge in [0.2, 0.25) is 0 Å². The molecule has 0 radical (unpaired) electrons. The maximum absolute atomic E-state index is 9.23. The van der Waals surface area contributed by atoms with Crippen molar-refractivity contribution in [3.63, 3.8) is 0 Å². The van der Waals surface area contributed by atoms with Crippen LogP contribution in [0.4, 0.5) is 5.69 Å². The standard InChI is InChI=1S/C63H37N5/c1-65-59-38-49(33-34-56(59)53-17-6-5-16-52(53)51-36-50-15-10-20-57-54-18-7-8-19-55(54)58(37-51)60(50)57)48-14-9-13-47(35-48)43-27-31-46(32-28-43)63-67-61(44-11-3-2-4-12-44)66-62(68-63)45-29-25-42(26-30-45)41-23-21-40(39-64)22-24-41/h2-38H. The summed E-state index contributed by atoms with van der Waals surface area (Å²) in [5, 5.41) is 11.7. The van der Waals surface area contributed by atoms with Gasteiger partial charge in [0.15, 0.2) is 23.2 Å². The average Bonchev–Trinajstić information content (AvgIpc) is 3.75. The molecule has 68 heavy (non-hydrogen) atoms. The molecule has 12 rings (SSSR count). The van der Waals surface area contributed by atoms with Gasteiger partial charge in [-0.1, -0.05) is 188 Å². The normalized spacial score (nSPS) is 11.2. The first-order valence-corrected chi connectivity index (χ1v) is 22.5. The fourth-order valence-corrected chi connectivity index (χ4v) is 9.56. The molecule has 0 bridgehead atoms. The fraction of sp³-hybridized carbons (Fsp3) is 0. The molecule has 0 saturated carbocycles. The largest absolute Gasteiger partial charge is 0.237 e. The number of nitriles is 1. The van der Waals surface area contributed by atoms with Gasteiger partial charge in [0.05, 0.1) is 18.2 Å². The molecule has 314 valence electrons. The molecule has 1 aliphatic rings. The van der Waals surface area contributed by atoms with Gasteiger partial charge in [-0.15, -0.1) is 0 Å². The minimum Gasteiger partial charge on any atom is -0.237 e. The molecule has 0 saturated heterocycles. The molecule has 0 unspecified atom stereocenters. The van der Waals surface area contributed by atoms with Crippen LogP contribution in [-0.4, -0.2) is 15.0 Å². The lowest BCUT2D eigenvalue weighted by molar-refractivity contribution is 1.07. The SMILES string of the molecule is [C-]#[N+]c1cc(-c2cccc(-c3ccc(-c4nc(-c5ccccc5)nc(-c5ccc(-c6ccc(C#N)cc6)cc5)n4)cc3)c2)ccc1-c1ccccc1-c1cc2c3c(cccc3c1)-c1ccccc1-2. The second kappa shape index (κ2) is 16.8. The second-order valence-corrected chi connectivity index (χ2v) is 17.0. The maximum atomic E-state index is 9.23.